The maximum absolute atomic E-state index is 3.82. The van der Waals surface area contributed by atoms with Gasteiger partial charge in [-0.3, -0.25) is 0 Å². The van der Waals surface area contributed by atoms with E-state index in [-0.39, 0.29) is 0 Å². The number of allylic oxidation sites excluding steroid dienone is 1. The van der Waals surface area contributed by atoms with Crippen LogP contribution in [-0.4, -0.2) is 0 Å². The Hall–Kier alpha value is -0.260. The molecule has 0 aromatic heterocycles. The van der Waals surface area contributed by atoms with E-state index in [2.05, 4.69) is 20.4 Å². The molecule has 0 saturated carbocycles. The summed E-state index contributed by atoms with van der Waals surface area (Å²) < 4.78 is 0. The van der Waals surface area contributed by atoms with Gasteiger partial charge in [0.15, 0.2) is 0 Å². The minimum Gasteiger partial charge on any atom is -0.103 e. The maximum atomic E-state index is 3.82. The smallest absolute Gasteiger partial charge is 0.0353 e. The summed E-state index contributed by atoms with van der Waals surface area (Å²) in [4.78, 5) is 0. The second kappa shape index (κ2) is 6.85. The van der Waals surface area contributed by atoms with E-state index in [1.807, 2.05) is 6.08 Å². The highest BCUT2D eigenvalue weighted by Gasteiger charge is 1.92. The van der Waals surface area contributed by atoms with Crippen molar-refractivity contribution in [3.8, 4) is 0 Å². The zero-order valence-corrected chi connectivity index (χ0v) is 6.81. The molecule has 0 bridgehead atoms. The largest absolute Gasteiger partial charge is 0.103 e. The quantitative estimate of drug-likeness (QED) is 0.390. The molecule has 10 heavy (non-hydrogen) atoms. The molecule has 0 heteroatoms. The molecule has 0 atom stereocenters. The highest BCUT2D eigenvalue weighted by molar-refractivity contribution is 4.67. The highest BCUT2D eigenvalue weighted by Crippen LogP contribution is 2.08. The van der Waals surface area contributed by atoms with Gasteiger partial charge in [-0.05, 0) is 18.8 Å². The fourth-order valence-electron chi connectivity index (χ4n) is 0.898. The fraction of sp³-hybridized carbons (Fsp3) is 0.600. The van der Waals surface area contributed by atoms with Crippen LogP contribution in [0.2, 0.25) is 0 Å². The molecule has 58 valence electrons. The zero-order chi connectivity index (χ0) is 7.82. The van der Waals surface area contributed by atoms with Crippen molar-refractivity contribution >= 4 is 0 Å². The average molecular weight is 138 g/mol. The van der Waals surface area contributed by atoms with Gasteiger partial charge in [0.1, 0.15) is 0 Å². The Morgan fingerprint density at radius 1 is 1.10 bits per heavy atom. The van der Waals surface area contributed by atoms with E-state index < -0.39 is 0 Å². The first kappa shape index (κ1) is 9.74. The molecule has 0 spiro atoms. The molecule has 0 aromatic carbocycles. The van der Waals surface area contributed by atoms with Crippen LogP contribution in [0.15, 0.2) is 12.7 Å². The minimum absolute atomic E-state index is 0.378. The van der Waals surface area contributed by atoms with Crippen LogP contribution in [0.25, 0.3) is 0 Å². The summed E-state index contributed by atoms with van der Waals surface area (Å²) in [5, 5.41) is 0. The van der Waals surface area contributed by atoms with Gasteiger partial charge in [0.2, 0.25) is 0 Å². The molecule has 0 heterocycles. The predicted octanol–water partition coefficient (Wildman–Crippen LogP) is 3.41. The molecule has 0 fully saturated rings. The lowest BCUT2D eigenvalue weighted by molar-refractivity contribution is 0.595. The van der Waals surface area contributed by atoms with Gasteiger partial charge in [-0.2, -0.15) is 0 Å². The van der Waals surface area contributed by atoms with Crippen molar-refractivity contribution in [2.75, 3.05) is 0 Å². The van der Waals surface area contributed by atoms with Crippen molar-refractivity contribution in [2.45, 2.75) is 32.1 Å². The molecule has 0 nitrogen and oxygen atoms in total. The lowest BCUT2D eigenvalue weighted by Crippen LogP contribution is -1.87. The molecule has 0 rings (SSSR count). The van der Waals surface area contributed by atoms with Gasteiger partial charge in [-0.25, -0.2) is 0 Å². The second-order valence-electron chi connectivity index (χ2n) is 2.79. The van der Waals surface area contributed by atoms with Crippen molar-refractivity contribution in [1.82, 2.24) is 0 Å². The first-order valence-electron chi connectivity index (χ1n) is 4.04. The van der Waals surface area contributed by atoms with Crippen LogP contribution >= 0.6 is 0 Å². The molecule has 0 unspecified atom stereocenters. The topological polar surface area (TPSA) is 0 Å². The first-order valence-corrected chi connectivity index (χ1v) is 4.04. The summed E-state index contributed by atoms with van der Waals surface area (Å²) in [6.07, 6.45) is 8.14. The molecule has 0 aliphatic heterocycles. The van der Waals surface area contributed by atoms with Crippen molar-refractivity contribution < 1.29 is 0 Å². The molecule has 0 amide bonds. The molecule has 0 aliphatic carbocycles. The van der Waals surface area contributed by atoms with Gasteiger partial charge in [0.25, 0.3) is 0 Å². The summed E-state index contributed by atoms with van der Waals surface area (Å²) in [6, 6.07) is 0. The first-order chi connectivity index (χ1) is 4.77. The van der Waals surface area contributed by atoms with E-state index in [0.717, 1.165) is 12.8 Å². The van der Waals surface area contributed by atoms with Gasteiger partial charge < -0.3 is 0 Å². The van der Waals surface area contributed by atoms with Crippen molar-refractivity contribution in [3.63, 3.8) is 0 Å². The Kier molecular flexibility index (Phi) is 6.68. The van der Waals surface area contributed by atoms with E-state index in [9.17, 15) is 0 Å². The highest BCUT2D eigenvalue weighted by atomic mass is 14.0. The predicted molar refractivity (Wildman–Crippen MR) is 47.5 cm³/mol. The Balaban J connectivity index is 2.83. The SMILES string of the molecule is [CH2]C([CH2])CCCCCC=C. The van der Waals surface area contributed by atoms with Gasteiger partial charge in [0.05, 0.1) is 0 Å². The Morgan fingerprint density at radius 2 is 1.80 bits per heavy atom. The van der Waals surface area contributed by atoms with E-state index in [4.69, 9.17) is 0 Å². The van der Waals surface area contributed by atoms with Gasteiger partial charge in [-0.1, -0.05) is 39.2 Å². The van der Waals surface area contributed by atoms with Crippen LogP contribution < -0.4 is 0 Å². The zero-order valence-electron chi connectivity index (χ0n) is 6.81. The summed E-state index contributed by atoms with van der Waals surface area (Å²) in [5.74, 6) is 0.378. The Morgan fingerprint density at radius 3 is 2.30 bits per heavy atom. The lowest BCUT2D eigenvalue weighted by atomic mass is 10.0. The van der Waals surface area contributed by atoms with Gasteiger partial charge in [-0.15, -0.1) is 6.58 Å². The standard InChI is InChI=1S/C10H18/c1-4-5-6-7-8-9-10(2)3/h4,10H,1-3,5-9H2. The van der Waals surface area contributed by atoms with Crippen LogP contribution in [0.4, 0.5) is 0 Å². The third-order valence-electron chi connectivity index (χ3n) is 1.52. The summed E-state index contributed by atoms with van der Waals surface area (Å²) in [5.41, 5.74) is 0. The van der Waals surface area contributed by atoms with Crippen LogP contribution in [0.5, 0.6) is 0 Å². The molecule has 2 radical (unpaired) electrons. The van der Waals surface area contributed by atoms with Crippen molar-refractivity contribution in [3.05, 3.63) is 26.5 Å². The van der Waals surface area contributed by atoms with Crippen molar-refractivity contribution in [1.29, 1.82) is 0 Å². The number of rotatable bonds is 6. The molecule has 0 aromatic rings. The van der Waals surface area contributed by atoms with Crippen LogP contribution in [0.1, 0.15) is 32.1 Å². The maximum Gasteiger partial charge on any atom is -0.0353 e. The average Bonchev–Trinajstić information content (AvgIpc) is 1.87. The lowest BCUT2D eigenvalue weighted by Gasteiger charge is -2.01. The van der Waals surface area contributed by atoms with Crippen molar-refractivity contribution in [2.24, 2.45) is 5.92 Å². The van der Waals surface area contributed by atoms with Crippen LogP contribution in [0.3, 0.4) is 0 Å². The fourth-order valence-corrected chi connectivity index (χ4v) is 0.898. The van der Waals surface area contributed by atoms with E-state index in [1.165, 1.54) is 19.3 Å². The van der Waals surface area contributed by atoms with Gasteiger partial charge >= 0.3 is 0 Å². The molecule has 0 saturated heterocycles. The van der Waals surface area contributed by atoms with Gasteiger partial charge in [0, 0.05) is 0 Å². The molecule has 0 aliphatic rings. The molecule has 0 N–H and O–H groups in total. The summed E-state index contributed by atoms with van der Waals surface area (Å²) in [6.45, 7) is 11.3. The molecular weight excluding hydrogens is 120 g/mol. The van der Waals surface area contributed by atoms with E-state index >= 15 is 0 Å². The summed E-state index contributed by atoms with van der Waals surface area (Å²) >= 11 is 0. The third kappa shape index (κ3) is 7.74. The molecular formula is C10H18. The van der Waals surface area contributed by atoms with Crippen LogP contribution in [-0.2, 0) is 0 Å². The Bertz CT molecular complexity index is 72.1. The number of hydrogen-bond acceptors (Lipinski definition) is 0. The normalized spacial score (nSPS) is 10.3. The van der Waals surface area contributed by atoms with E-state index in [1.54, 1.807) is 0 Å². The number of unbranched alkanes of at least 4 members (excludes halogenated alkanes) is 3. The third-order valence-corrected chi connectivity index (χ3v) is 1.52. The second-order valence-corrected chi connectivity index (χ2v) is 2.79. The monoisotopic (exact) mass is 138 g/mol. The van der Waals surface area contributed by atoms with E-state index in [0.29, 0.717) is 5.92 Å². The number of hydrogen-bond donors (Lipinski definition) is 0. The Labute approximate surface area is 65.3 Å². The summed E-state index contributed by atoms with van der Waals surface area (Å²) in [7, 11) is 0. The minimum atomic E-state index is 0.378. The van der Waals surface area contributed by atoms with Crippen LogP contribution in [0, 0.1) is 19.8 Å².